The number of aliphatic hydroxyl groups is 1. The van der Waals surface area contributed by atoms with Crippen LogP contribution < -0.4 is 0 Å². The first kappa shape index (κ1) is 15.6. The van der Waals surface area contributed by atoms with Crippen molar-refractivity contribution in [1.82, 2.24) is 0 Å². The lowest BCUT2D eigenvalue weighted by Gasteiger charge is -2.39. The number of hydrogen-bond acceptors (Lipinski definition) is 3. The fourth-order valence-electron chi connectivity index (χ4n) is 4.30. The Labute approximate surface area is 122 Å². The second-order valence-corrected chi connectivity index (χ2v) is 7.21. The molecule has 5 atom stereocenters. The SMILES string of the molecule is C=C1CC[C@@H](C(C)C)[C@@H](OC(C)=O)[C@H]2[C@@H]1CC[C@]2(C)O. The third-order valence-corrected chi connectivity index (χ3v) is 5.37. The Balaban J connectivity index is 2.40. The van der Waals surface area contributed by atoms with E-state index in [1.807, 2.05) is 6.92 Å². The van der Waals surface area contributed by atoms with Gasteiger partial charge in [-0.2, -0.15) is 0 Å². The summed E-state index contributed by atoms with van der Waals surface area (Å²) in [5.74, 6) is 0.777. The number of carbonyl (C=O) groups is 1. The van der Waals surface area contributed by atoms with Crippen LogP contribution in [0.15, 0.2) is 12.2 Å². The van der Waals surface area contributed by atoms with Gasteiger partial charge in [-0.05, 0) is 50.4 Å². The van der Waals surface area contributed by atoms with Gasteiger partial charge in [-0.1, -0.05) is 26.0 Å². The highest BCUT2D eigenvalue weighted by Gasteiger charge is 2.53. The minimum atomic E-state index is -0.759. The average molecular weight is 280 g/mol. The predicted octanol–water partition coefficient (Wildman–Crippen LogP) is 3.32. The molecule has 0 saturated heterocycles. The summed E-state index contributed by atoms with van der Waals surface area (Å²) in [6.45, 7) is 11.9. The second kappa shape index (κ2) is 5.51. The molecule has 0 aliphatic heterocycles. The highest BCUT2D eigenvalue weighted by molar-refractivity contribution is 5.66. The van der Waals surface area contributed by atoms with Gasteiger partial charge in [0, 0.05) is 12.8 Å². The summed E-state index contributed by atoms with van der Waals surface area (Å²) < 4.78 is 5.70. The van der Waals surface area contributed by atoms with Crippen molar-refractivity contribution in [3.05, 3.63) is 12.2 Å². The van der Waals surface area contributed by atoms with Crippen LogP contribution in [0, 0.1) is 23.7 Å². The molecule has 2 aliphatic rings. The van der Waals surface area contributed by atoms with Crippen molar-refractivity contribution < 1.29 is 14.6 Å². The second-order valence-electron chi connectivity index (χ2n) is 7.21. The number of rotatable bonds is 2. The van der Waals surface area contributed by atoms with Gasteiger partial charge in [0.25, 0.3) is 0 Å². The topological polar surface area (TPSA) is 46.5 Å². The van der Waals surface area contributed by atoms with Gasteiger partial charge in [0.1, 0.15) is 6.10 Å². The van der Waals surface area contributed by atoms with E-state index < -0.39 is 5.60 Å². The fourth-order valence-corrected chi connectivity index (χ4v) is 4.30. The van der Waals surface area contributed by atoms with Crippen molar-refractivity contribution in [2.75, 3.05) is 0 Å². The minimum absolute atomic E-state index is 0.00574. The summed E-state index contributed by atoms with van der Waals surface area (Å²) in [7, 11) is 0. The quantitative estimate of drug-likeness (QED) is 0.623. The molecule has 0 aromatic rings. The molecule has 0 aromatic carbocycles. The number of esters is 1. The van der Waals surface area contributed by atoms with E-state index in [9.17, 15) is 9.90 Å². The van der Waals surface area contributed by atoms with Crippen LogP contribution in [0.2, 0.25) is 0 Å². The maximum Gasteiger partial charge on any atom is 0.302 e. The summed E-state index contributed by atoms with van der Waals surface area (Å²) in [4.78, 5) is 11.5. The van der Waals surface area contributed by atoms with Gasteiger partial charge in [-0.25, -0.2) is 0 Å². The zero-order chi connectivity index (χ0) is 15.1. The molecule has 3 nitrogen and oxygen atoms in total. The molecule has 0 spiro atoms. The highest BCUT2D eigenvalue weighted by atomic mass is 16.5. The average Bonchev–Trinajstić information content (AvgIpc) is 2.54. The molecule has 0 heterocycles. The minimum Gasteiger partial charge on any atom is -0.462 e. The number of ether oxygens (including phenoxy) is 1. The van der Waals surface area contributed by atoms with Gasteiger partial charge >= 0.3 is 5.97 Å². The van der Waals surface area contributed by atoms with E-state index in [1.165, 1.54) is 12.5 Å². The fraction of sp³-hybridized carbons (Fsp3) is 0.824. The van der Waals surface area contributed by atoms with Crippen LogP contribution in [0.1, 0.15) is 53.4 Å². The number of fused-ring (bicyclic) bond motifs is 1. The summed E-state index contributed by atoms with van der Waals surface area (Å²) in [6.07, 6.45) is 3.52. The Morgan fingerprint density at radius 2 is 2.10 bits per heavy atom. The van der Waals surface area contributed by atoms with Crippen LogP contribution in [0.5, 0.6) is 0 Å². The Hall–Kier alpha value is -0.830. The Morgan fingerprint density at radius 3 is 2.65 bits per heavy atom. The number of carbonyl (C=O) groups excluding carboxylic acids is 1. The monoisotopic (exact) mass is 280 g/mol. The van der Waals surface area contributed by atoms with Gasteiger partial charge in [0.05, 0.1) is 5.60 Å². The molecular formula is C17H28O3. The van der Waals surface area contributed by atoms with Gasteiger partial charge < -0.3 is 9.84 Å². The molecule has 2 fully saturated rings. The predicted molar refractivity (Wildman–Crippen MR) is 79.1 cm³/mol. The largest absolute Gasteiger partial charge is 0.462 e. The molecule has 114 valence electrons. The molecule has 3 heteroatoms. The van der Waals surface area contributed by atoms with Crippen LogP contribution in [0.4, 0.5) is 0 Å². The van der Waals surface area contributed by atoms with Crippen molar-refractivity contribution in [2.45, 2.75) is 65.1 Å². The number of hydrogen-bond donors (Lipinski definition) is 1. The summed E-state index contributed by atoms with van der Waals surface area (Å²) in [5.41, 5.74) is 0.471. The normalized spacial score (nSPS) is 41.4. The van der Waals surface area contributed by atoms with Crippen molar-refractivity contribution >= 4 is 5.97 Å². The summed E-state index contributed by atoms with van der Waals surface area (Å²) in [5, 5.41) is 10.8. The lowest BCUT2D eigenvalue weighted by atomic mass is 9.75. The first-order chi connectivity index (χ1) is 9.24. The first-order valence-corrected chi connectivity index (χ1v) is 7.81. The van der Waals surface area contributed by atoms with E-state index in [4.69, 9.17) is 4.74 Å². The Bertz CT molecular complexity index is 397. The third kappa shape index (κ3) is 2.78. The van der Waals surface area contributed by atoms with Gasteiger partial charge in [0.15, 0.2) is 0 Å². The molecule has 2 saturated carbocycles. The van der Waals surface area contributed by atoms with Crippen LogP contribution >= 0.6 is 0 Å². The van der Waals surface area contributed by atoms with E-state index in [0.717, 1.165) is 25.7 Å². The van der Waals surface area contributed by atoms with Gasteiger partial charge in [0.2, 0.25) is 0 Å². The van der Waals surface area contributed by atoms with Crippen molar-refractivity contribution in [3.8, 4) is 0 Å². The van der Waals surface area contributed by atoms with E-state index in [0.29, 0.717) is 11.8 Å². The van der Waals surface area contributed by atoms with Crippen molar-refractivity contribution in [3.63, 3.8) is 0 Å². The summed E-state index contributed by atoms with van der Waals surface area (Å²) in [6, 6.07) is 0. The van der Waals surface area contributed by atoms with E-state index in [1.54, 1.807) is 0 Å². The van der Waals surface area contributed by atoms with E-state index in [2.05, 4.69) is 20.4 Å². The Morgan fingerprint density at radius 1 is 1.45 bits per heavy atom. The highest BCUT2D eigenvalue weighted by Crippen LogP contribution is 2.52. The molecule has 20 heavy (non-hydrogen) atoms. The van der Waals surface area contributed by atoms with Crippen LogP contribution in [0.3, 0.4) is 0 Å². The number of allylic oxidation sites excluding steroid dienone is 1. The molecule has 0 amide bonds. The molecule has 2 rings (SSSR count). The van der Waals surface area contributed by atoms with Gasteiger partial charge in [-0.3, -0.25) is 4.79 Å². The van der Waals surface area contributed by atoms with Crippen LogP contribution in [-0.4, -0.2) is 22.8 Å². The lowest BCUT2D eigenvalue weighted by molar-refractivity contribution is -0.161. The van der Waals surface area contributed by atoms with E-state index in [-0.39, 0.29) is 23.9 Å². The zero-order valence-electron chi connectivity index (χ0n) is 13.2. The first-order valence-electron chi connectivity index (χ1n) is 7.81. The maximum absolute atomic E-state index is 11.5. The summed E-state index contributed by atoms with van der Waals surface area (Å²) >= 11 is 0. The molecule has 0 unspecified atom stereocenters. The molecule has 0 radical (unpaired) electrons. The van der Waals surface area contributed by atoms with Crippen molar-refractivity contribution in [1.29, 1.82) is 0 Å². The molecule has 1 N–H and O–H groups in total. The van der Waals surface area contributed by atoms with E-state index >= 15 is 0 Å². The smallest absolute Gasteiger partial charge is 0.302 e. The zero-order valence-corrected chi connectivity index (χ0v) is 13.2. The van der Waals surface area contributed by atoms with Crippen LogP contribution in [-0.2, 0) is 9.53 Å². The third-order valence-electron chi connectivity index (χ3n) is 5.37. The molecule has 0 aromatic heterocycles. The maximum atomic E-state index is 11.5. The molecule has 0 bridgehead atoms. The molecule has 2 aliphatic carbocycles. The standard InChI is InChI=1S/C17H28O3/c1-10(2)13-7-6-11(3)14-8-9-17(5,19)15(14)16(13)20-12(4)18/h10,13-16,19H,3,6-9H2,1-2,4-5H3/t13-,14+,15+,16+,17-/m0/s1. The van der Waals surface area contributed by atoms with Gasteiger partial charge in [-0.15, -0.1) is 0 Å². The Kier molecular flexibility index (Phi) is 4.29. The molecular weight excluding hydrogens is 252 g/mol. The van der Waals surface area contributed by atoms with Crippen molar-refractivity contribution in [2.24, 2.45) is 23.7 Å². The van der Waals surface area contributed by atoms with Crippen LogP contribution in [0.25, 0.3) is 0 Å². The lowest BCUT2D eigenvalue weighted by Crippen LogP contribution is -2.46.